The van der Waals surface area contributed by atoms with Gasteiger partial charge in [0.15, 0.2) is 5.78 Å². The van der Waals surface area contributed by atoms with Gasteiger partial charge in [-0.2, -0.15) is 0 Å². The maximum Gasteiger partial charge on any atom is 0.163 e. The van der Waals surface area contributed by atoms with E-state index in [4.69, 9.17) is 0 Å². The molecule has 0 bridgehead atoms. The van der Waals surface area contributed by atoms with Crippen LogP contribution in [-0.2, 0) is 27.2 Å². The molecule has 4 heteroatoms. The third-order valence-electron chi connectivity index (χ3n) is 8.58. The number of benzene rings is 1. The molecular weight excluding hydrogens is 472 g/mol. The summed E-state index contributed by atoms with van der Waals surface area (Å²) in [5.41, 5.74) is 5.53. The summed E-state index contributed by atoms with van der Waals surface area (Å²) in [5, 5.41) is 0. The molecule has 2 rings (SSSR count). The molecule has 38 heavy (non-hydrogen) atoms. The lowest BCUT2D eigenvalue weighted by molar-refractivity contribution is -0.130. The molecule has 0 saturated heterocycles. The predicted octanol–water partition coefficient (Wildman–Crippen LogP) is 8.33. The molecule has 0 heterocycles. The summed E-state index contributed by atoms with van der Waals surface area (Å²) in [6.45, 7) is 14.3. The van der Waals surface area contributed by atoms with Gasteiger partial charge in [0.1, 0.15) is 17.3 Å². The minimum Gasteiger partial charge on any atom is -0.300 e. The number of Topliss-reactive ketones (excluding diaryl/α,β-unsaturated/α-hetero) is 4. The van der Waals surface area contributed by atoms with Gasteiger partial charge in [-0.05, 0) is 86.0 Å². The van der Waals surface area contributed by atoms with E-state index in [0.717, 1.165) is 68.1 Å². The maximum atomic E-state index is 13.6. The lowest BCUT2D eigenvalue weighted by Gasteiger charge is -2.33. The van der Waals surface area contributed by atoms with Gasteiger partial charge in [0.25, 0.3) is 0 Å². The zero-order valence-corrected chi connectivity index (χ0v) is 25.2. The van der Waals surface area contributed by atoms with Crippen LogP contribution in [0.5, 0.6) is 0 Å². The molecule has 0 amide bonds. The fraction of sp³-hybridized carbons (Fsp3) is 0.706. The molecule has 1 aliphatic carbocycles. The van der Waals surface area contributed by atoms with Crippen LogP contribution < -0.4 is 0 Å². The van der Waals surface area contributed by atoms with Gasteiger partial charge < -0.3 is 0 Å². The number of carbonyl (C=O) groups is 4. The monoisotopic (exact) mass is 524 g/mol. The van der Waals surface area contributed by atoms with E-state index in [0.29, 0.717) is 37.4 Å². The van der Waals surface area contributed by atoms with Crippen LogP contribution in [0.2, 0.25) is 0 Å². The molecule has 0 aliphatic heterocycles. The molecule has 1 aromatic rings. The van der Waals surface area contributed by atoms with E-state index in [1.807, 2.05) is 6.92 Å². The Balaban J connectivity index is 2.29. The number of hydrogen-bond donors (Lipinski definition) is 0. The summed E-state index contributed by atoms with van der Waals surface area (Å²) < 4.78 is 0. The third-order valence-corrected chi connectivity index (χ3v) is 8.58. The lowest BCUT2D eigenvalue weighted by atomic mass is 9.70. The van der Waals surface area contributed by atoms with Crippen LogP contribution in [-0.4, -0.2) is 23.1 Å². The van der Waals surface area contributed by atoms with Crippen molar-refractivity contribution < 1.29 is 19.2 Å². The molecular formula is C34H52O4. The van der Waals surface area contributed by atoms with Crippen molar-refractivity contribution in [1.82, 2.24) is 0 Å². The van der Waals surface area contributed by atoms with Gasteiger partial charge in [-0.3, -0.25) is 19.2 Å². The molecule has 3 unspecified atom stereocenters. The number of carbonyl (C=O) groups excluding carboxylic acids is 4. The van der Waals surface area contributed by atoms with Gasteiger partial charge >= 0.3 is 0 Å². The van der Waals surface area contributed by atoms with Crippen molar-refractivity contribution in [2.75, 3.05) is 0 Å². The smallest absolute Gasteiger partial charge is 0.163 e. The van der Waals surface area contributed by atoms with Gasteiger partial charge in [-0.15, -0.1) is 0 Å². The summed E-state index contributed by atoms with van der Waals surface area (Å²) in [6.07, 6.45) is 10.0. The average molecular weight is 525 g/mol. The maximum absolute atomic E-state index is 13.6. The average Bonchev–Trinajstić information content (AvgIpc) is 2.83. The highest BCUT2D eigenvalue weighted by molar-refractivity contribution is 6.01. The first-order chi connectivity index (χ1) is 18.0. The van der Waals surface area contributed by atoms with E-state index < -0.39 is 0 Å². The molecule has 4 nitrogen and oxygen atoms in total. The van der Waals surface area contributed by atoms with Gasteiger partial charge in [-0.25, -0.2) is 0 Å². The molecule has 0 aromatic heterocycles. The van der Waals surface area contributed by atoms with Crippen molar-refractivity contribution in [2.45, 2.75) is 138 Å². The van der Waals surface area contributed by atoms with Crippen LogP contribution in [0.25, 0.3) is 0 Å². The lowest BCUT2D eigenvalue weighted by Crippen LogP contribution is -2.30. The molecule has 0 saturated carbocycles. The first-order valence-electron chi connectivity index (χ1n) is 15.3. The minimum atomic E-state index is -0.112. The highest BCUT2D eigenvalue weighted by Gasteiger charge is 2.34. The van der Waals surface area contributed by atoms with Crippen molar-refractivity contribution >= 4 is 23.1 Å². The van der Waals surface area contributed by atoms with E-state index in [1.54, 1.807) is 0 Å². The van der Waals surface area contributed by atoms with Crippen LogP contribution in [0.15, 0.2) is 6.07 Å². The number of ketones is 4. The molecule has 0 radical (unpaired) electrons. The van der Waals surface area contributed by atoms with Gasteiger partial charge in [0.2, 0.25) is 0 Å². The highest BCUT2D eigenvalue weighted by atomic mass is 16.1. The van der Waals surface area contributed by atoms with E-state index in [9.17, 15) is 19.2 Å². The number of hydrogen-bond acceptors (Lipinski definition) is 4. The molecule has 1 aliphatic rings. The Morgan fingerprint density at radius 3 is 2.29 bits per heavy atom. The Morgan fingerprint density at radius 2 is 1.71 bits per heavy atom. The molecule has 1 aromatic carbocycles. The molecule has 212 valence electrons. The van der Waals surface area contributed by atoms with Gasteiger partial charge in [0, 0.05) is 30.7 Å². The van der Waals surface area contributed by atoms with E-state index in [-0.39, 0.29) is 41.5 Å². The topological polar surface area (TPSA) is 68.3 Å². The SMILES string of the molecule is CCCCCC(=O)CCc1cc(C(C)C)c2c(c1C)C(=O)CC(CC(CCC)C(CC)C(=O)CC(C)=O)C2. The first kappa shape index (κ1) is 32.1. The first-order valence-corrected chi connectivity index (χ1v) is 15.3. The standard InChI is InChI=1S/C34H52O4/c1-8-11-12-14-28(36)16-15-26-21-30(22(4)5)31-19-25(20-33(38)34(31)24(26)7)18-27(13-9-2)29(10-3)32(37)17-23(6)35/h21-22,25,27,29H,8-20H2,1-7H3. The van der Waals surface area contributed by atoms with Crippen LogP contribution >= 0.6 is 0 Å². The predicted molar refractivity (Wildman–Crippen MR) is 156 cm³/mol. The summed E-state index contributed by atoms with van der Waals surface area (Å²) in [7, 11) is 0. The van der Waals surface area contributed by atoms with E-state index in [2.05, 4.69) is 40.7 Å². The van der Waals surface area contributed by atoms with Crippen molar-refractivity contribution in [3.05, 3.63) is 33.9 Å². The number of unbranched alkanes of at least 4 members (excludes halogenated alkanes) is 2. The Morgan fingerprint density at radius 1 is 1.00 bits per heavy atom. The van der Waals surface area contributed by atoms with Gasteiger partial charge in [0.05, 0.1) is 6.42 Å². The molecule has 0 spiro atoms. The number of fused-ring (bicyclic) bond motifs is 1. The van der Waals surface area contributed by atoms with Crippen molar-refractivity contribution in [3.8, 4) is 0 Å². The third kappa shape index (κ3) is 8.71. The fourth-order valence-corrected chi connectivity index (χ4v) is 6.63. The zero-order chi connectivity index (χ0) is 28.4. The summed E-state index contributed by atoms with van der Waals surface area (Å²) in [4.78, 5) is 50.6. The minimum absolute atomic E-state index is 0.0196. The highest BCUT2D eigenvalue weighted by Crippen LogP contribution is 2.40. The Bertz CT molecular complexity index is 987. The Labute approximate surface area is 231 Å². The van der Waals surface area contributed by atoms with Crippen molar-refractivity contribution in [3.63, 3.8) is 0 Å². The summed E-state index contributed by atoms with van der Waals surface area (Å²) >= 11 is 0. The molecule has 0 N–H and O–H groups in total. The summed E-state index contributed by atoms with van der Waals surface area (Å²) in [6, 6.07) is 2.27. The number of rotatable bonds is 17. The van der Waals surface area contributed by atoms with Crippen molar-refractivity contribution in [1.29, 1.82) is 0 Å². The van der Waals surface area contributed by atoms with Crippen LogP contribution in [0.3, 0.4) is 0 Å². The normalized spacial score (nSPS) is 16.8. The zero-order valence-electron chi connectivity index (χ0n) is 25.2. The largest absolute Gasteiger partial charge is 0.300 e. The van der Waals surface area contributed by atoms with Crippen LogP contribution in [0.4, 0.5) is 0 Å². The van der Waals surface area contributed by atoms with E-state index in [1.165, 1.54) is 18.1 Å². The second-order valence-electron chi connectivity index (χ2n) is 12.1. The van der Waals surface area contributed by atoms with Crippen molar-refractivity contribution in [2.24, 2.45) is 17.8 Å². The Hall–Kier alpha value is -2.10. The summed E-state index contributed by atoms with van der Waals surface area (Å²) in [5.74, 6) is 1.13. The fourth-order valence-electron chi connectivity index (χ4n) is 6.63. The second-order valence-corrected chi connectivity index (χ2v) is 12.1. The molecule has 0 fully saturated rings. The van der Waals surface area contributed by atoms with Crippen LogP contribution in [0.1, 0.15) is 151 Å². The number of aryl methyl sites for hydroxylation is 1. The van der Waals surface area contributed by atoms with Crippen LogP contribution in [0, 0.1) is 24.7 Å². The quantitative estimate of drug-likeness (QED) is 0.152. The molecule has 3 atom stereocenters. The van der Waals surface area contributed by atoms with Gasteiger partial charge in [-0.1, -0.05) is 66.4 Å². The van der Waals surface area contributed by atoms with E-state index >= 15 is 0 Å². The second kappa shape index (κ2) is 15.5. The Kier molecular flexibility index (Phi) is 13.1.